The molecule has 0 aromatic heterocycles. The first-order chi connectivity index (χ1) is 7.22. The Bertz CT molecular complexity index is 328. The second kappa shape index (κ2) is 6.01. The van der Waals surface area contributed by atoms with Crippen LogP contribution in [0.5, 0.6) is 0 Å². The third-order valence-electron chi connectivity index (χ3n) is 1.90. The van der Waals surface area contributed by atoms with E-state index in [9.17, 15) is 9.18 Å². The van der Waals surface area contributed by atoms with E-state index in [0.29, 0.717) is 12.2 Å². The van der Waals surface area contributed by atoms with Gasteiger partial charge in [-0.15, -0.1) is 0 Å². The van der Waals surface area contributed by atoms with E-state index in [1.165, 1.54) is 12.1 Å². The van der Waals surface area contributed by atoms with Crippen molar-refractivity contribution in [1.82, 2.24) is 5.32 Å². The average molecular weight is 210 g/mol. The summed E-state index contributed by atoms with van der Waals surface area (Å²) < 4.78 is 12.8. The quantitative estimate of drug-likeness (QED) is 0.737. The lowest BCUT2D eigenvalue weighted by Gasteiger charge is -2.06. The molecule has 2 amide bonds. The van der Waals surface area contributed by atoms with E-state index in [4.69, 9.17) is 0 Å². The molecule has 0 atom stereocenters. The number of unbranched alkanes of at least 4 members (excludes halogenated alkanes) is 1. The van der Waals surface area contributed by atoms with Crippen LogP contribution in [-0.2, 0) is 0 Å². The maximum absolute atomic E-state index is 12.8. The van der Waals surface area contributed by atoms with Crippen LogP contribution in [0.4, 0.5) is 14.9 Å². The molecule has 3 nitrogen and oxygen atoms in total. The van der Waals surface area contributed by atoms with Crippen LogP contribution in [0.15, 0.2) is 24.3 Å². The fraction of sp³-hybridized carbons (Fsp3) is 0.364. The van der Waals surface area contributed by atoms with Crippen molar-refractivity contribution in [3.05, 3.63) is 30.1 Å². The monoisotopic (exact) mass is 210 g/mol. The molecule has 0 unspecified atom stereocenters. The minimum absolute atomic E-state index is 0.297. The number of anilines is 1. The zero-order valence-electron chi connectivity index (χ0n) is 8.72. The van der Waals surface area contributed by atoms with Gasteiger partial charge in [0.2, 0.25) is 0 Å². The fourth-order valence-electron chi connectivity index (χ4n) is 1.12. The van der Waals surface area contributed by atoms with Crippen LogP contribution in [-0.4, -0.2) is 12.6 Å². The predicted molar refractivity (Wildman–Crippen MR) is 58.3 cm³/mol. The van der Waals surface area contributed by atoms with E-state index in [1.54, 1.807) is 12.1 Å². The molecular formula is C11H15FN2O. The highest BCUT2D eigenvalue weighted by Gasteiger charge is 2.00. The van der Waals surface area contributed by atoms with Crippen molar-refractivity contribution in [1.29, 1.82) is 0 Å². The molecule has 0 heterocycles. The summed E-state index contributed by atoms with van der Waals surface area (Å²) >= 11 is 0. The number of amides is 2. The molecule has 0 radical (unpaired) electrons. The molecule has 0 aliphatic rings. The fourth-order valence-corrected chi connectivity index (χ4v) is 1.12. The van der Waals surface area contributed by atoms with E-state index in [2.05, 4.69) is 10.6 Å². The Morgan fingerprint density at radius 2 is 2.27 bits per heavy atom. The van der Waals surface area contributed by atoms with Crippen molar-refractivity contribution in [3.63, 3.8) is 0 Å². The lowest BCUT2D eigenvalue weighted by atomic mass is 10.3. The van der Waals surface area contributed by atoms with Gasteiger partial charge in [-0.25, -0.2) is 9.18 Å². The molecule has 0 saturated heterocycles. The third-order valence-corrected chi connectivity index (χ3v) is 1.90. The van der Waals surface area contributed by atoms with Crippen LogP contribution in [0, 0.1) is 5.82 Å². The summed E-state index contributed by atoms with van der Waals surface area (Å²) in [5.74, 6) is -0.360. The van der Waals surface area contributed by atoms with Crippen molar-refractivity contribution < 1.29 is 9.18 Å². The van der Waals surface area contributed by atoms with E-state index in [-0.39, 0.29) is 11.8 Å². The topological polar surface area (TPSA) is 41.1 Å². The van der Waals surface area contributed by atoms with E-state index < -0.39 is 0 Å². The normalized spacial score (nSPS) is 9.73. The first-order valence-electron chi connectivity index (χ1n) is 5.03. The van der Waals surface area contributed by atoms with Gasteiger partial charge in [0, 0.05) is 12.2 Å². The zero-order valence-corrected chi connectivity index (χ0v) is 8.72. The van der Waals surface area contributed by atoms with Crippen molar-refractivity contribution >= 4 is 11.7 Å². The molecule has 1 rings (SSSR count). The number of benzene rings is 1. The van der Waals surface area contributed by atoms with Crippen LogP contribution in [0.25, 0.3) is 0 Å². The molecule has 0 fully saturated rings. The van der Waals surface area contributed by atoms with E-state index in [1.807, 2.05) is 6.92 Å². The Kier molecular flexibility index (Phi) is 4.60. The lowest BCUT2D eigenvalue weighted by Crippen LogP contribution is -2.29. The van der Waals surface area contributed by atoms with Gasteiger partial charge in [-0.2, -0.15) is 0 Å². The molecule has 1 aromatic carbocycles. The molecule has 0 aliphatic carbocycles. The number of urea groups is 1. The second-order valence-corrected chi connectivity index (χ2v) is 3.24. The summed E-state index contributed by atoms with van der Waals surface area (Å²) in [6.45, 7) is 2.68. The van der Waals surface area contributed by atoms with Gasteiger partial charge in [0.25, 0.3) is 0 Å². The minimum Gasteiger partial charge on any atom is -0.338 e. The van der Waals surface area contributed by atoms with Gasteiger partial charge >= 0.3 is 6.03 Å². The first-order valence-corrected chi connectivity index (χ1v) is 5.03. The van der Waals surface area contributed by atoms with Crippen LogP contribution in [0.3, 0.4) is 0 Å². The van der Waals surface area contributed by atoms with Gasteiger partial charge in [-0.1, -0.05) is 19.4 Å². The largest absolute Gasteiger partial charge is 0.338 e. The number of carbonyl (C=O) groups is 1. The van der Waals surface area contributed by atoms with Gasteiger partial charge in [-0.3, -0.25) is 0 Å². The Morgan fingerprint density at radius 1 is 1.47 bits per heavy atom. The van der Waals surface area contributed by atoms with Crippen LogP contribution >= 0.6 is 0 Å². The summed E-state index contributed by atoms with van der Waals surface area (Å²) in [7, 11) is 0. The average Bonchev–Trinajstić information content (AvgIpc) is 2.18. The Hall–Kier alpha value is -1.58. The maximum atomic E-state index is 12.8. The number of carbonyl (C=O) groups excluding carboxylic acids is 1. The van der Waals surface area contributed by atoms with Gasteiger partial charge < -0.3 is 10.6 Å². The van der Waals surface area contributed by atoms with Gasteiger partial charge in [-0.05, 0) is 24.6 Å². The highest BCUT2D eigenvalue weighted by molar-refractivity contribution is 5.89. The molecular weight excluding hydrogens is 195 g/mol. The number of nitrogens with one attached hydrogen (secondary N) is 2. The molecule has 4 heteroatoms. The maximum Gasteiger partial charge on any atom is 0.319 e. The van der Waals surface area contributed by atoms with E-state index >= 15 is 0 Å². The summed E-state index contributed by atoms with van der Waals surface area (Å²) in [5.41, 5.74) is 0.462. The summed E-state index contributed by atoms with van der Waals surface area (Å²) in [4.78, 5) is 11.3. The molecule has 1 aromatic rings. The van der Waals surface area contributed by atoms with Crippen LogP contribution < -0.4 is 10.6 Å². The van der Waals surface area contributed by atoms with Gasteiger partial charge in [0.15, 0.2) is 0 Å². The first kappa shape index (κ1) is 11.5. The summed E-state index contributed by atoms with van der Waals surface area (Å²) in [6.07, 6.45) is 1.97. The highest BCUT2D eigenvalue weighted by atomic mass is 19.1. The molecule has 0 saturated carbocycles. The van der Waals surface area contributed by atoms with E-state index in [0.717, 1.165) is 12.8 Å². The highest BCUT2D eigenvalue weighted by Crippen LogP contribution is 2.08. The van der Waals surface area contributed by atoms with Gasteiger partial charge in [0.1, 0.15) is 5.82 Å². The smallest absolute Gasteiger partial charge is 0.319 e. The molecule has 2 N–H and O–H groups in total. The number of hydrogen-bond donors (Lipinski definition) is 2. The molecule has 0 aliphatic heterocycles. The standard InChI is InChI=1S/C11H15FN2O/c1-2-3-7-13-11(15)14-10-6-4-5-9(12)8-10/h4-6,8H,2-3,7H2,1H3,(H2,13,14,15). The molecule has 0 bridgehead atoms. The predicted octanol–water partition coefficient (Wildman–Crippen LogP) is 2.75. The summed E-state index contributed by atoms with van der Waals surface area (Å²) in [5, 5.41) is 5.23. The molecule has 15 heavy (non-hydrogen) atoms. The van der Waals surface area contributed by atoms with Crippen molar-refractivity contribution in [2.24, 2.45) is 0 Å². The van der Waals surface area contributed by atoms with Crippen molar-refractivity contribution in [2.45, 2.75) is 19.8 Å². The molecule has 0 spiro atoms. The number of hydrogen-bond acceptors (Lipinski definition) is 1. The number of halogens is 1. The Labute approximate surface area is 88.7 Å². The van der Waals surface area contributed by atoms with Gasteiger partial charge in [0.05, 0.1) is 0 Å². The summed E-state index contributed by atoms with van der Waals surface area (Å²) in [6, 6.07) is 5.51. The Balaban J connectivity index is 2.37. The van der Waals surface area contributed by atoms with Crippen molar-refractivity contribution in [3.8, 4) is 0 Å². The Morgan fingerprint density at radius 3 is 2.93 bits per heavy atom. The third kappa shape index (κ3) is 4.44. The molecule has 82 valence electrons. The van der Waals surface area contributed by atoms with Crippen LogP contribution in [0.1, 0.15) is 19.8 Å². The second-order valence-electron chi connectivity index (χ2n) is 3.24. The lowest BCUT2D eigenvalue weighted by molar-refractivity contribution is 0.252. The zero-order chi connectivity index (χ0) is 11.1. The minimum atomic E-state index is -0.360. The SMILES string of the molecule is CCCCNC(=O)Nc1cccc(F)c1. The number of rotatable bonds is 4. The van der Waals surface area contributed by atoms with Crippen LogP contribution in [0.2, 0.25) is 0 Å². The van der Waals surface area contributed by atoms with Crippen molar-refractivity contribution in [2.75, 3.05) is 11.9 Å².